The minimum Gasteiger partial charge on any atom is -0.497 e. The first-order valence-electron chi connectivity index (χ1n) is 22.2. The van der Waals surface area contributed by atoms with Crippen molar-refractivity contribution in [2.45, 2.75) is 56.3 Å². The van der Waals surface area contributed by atoms with Crippen LogP contribution in [0.5, 0.6) is 11.5 Å². The standard InChI is InChI=1S/C53H51N7O7/c1-35-25-27-54-43(30-35)44-31-36(26-28-55-44)12-10-11-29-65-48-47(61)45(67-52(48)60-34-58-46-49(56-33-57-50(46)60)59-51(62)37-13-6-4-7-14-37)32-66-53(38-15-8-5-9-16-38,39-17-21-41(63-2)22-18-39)40-19-23-42(64-3)24-20-40/h4-9,13-28,30-31,33-34,45,47-48,52,61H,10-12,29,32H2,1-3H3,(H,56,57,59,62)/t45-,47-,48-,52-/m1/s1. The normalized spacial score (nSPS) is 17.1. The fourth-order valence-electron chi connectivity index (χ4n) is 8.54. The van der Waals surface area contributed by atoms with Gasteiger partial charge in [-0.25, -0.2) is 15.0 Å². The maximum absolute atomic E-state index is 13.2. The number of aliphatic hydroxyl groups is 1. The molecule has 14 nitrogen and oxygen atoms in total. The Morgan fingerprint density at radius 1 is 0.746 bits per heavy atom. The number of methoxy groups -OCH3 is 2. The number of amides is 1. The molecule has 1 fully saturated rings. The number of carbonyl (C=O) groups is 1. The molecule has 1 saturated heterocycles. The summed E-state index contributed by atoms with van der Waals surface area (Å²) in [4.78, 5) is 35.9. The summed E-state index contributed by atoms with van der Waals surface area (Å²) in [6.45, 7) is 2.32. The molecule has 9 rings (SSSR count). The van der Waals surface area contributed by atoms with Gasteiger partial charge in [-0.1, -0.05) is 72.8 Å². The molecule has 8 aromatic rings. The number of carbonyl (C=O) groups excluding carboxylic acids is 1. The maximum atomic E-state index is 13.2. The van der Waals surface area contributed by atoms with Crippen LogP contribution in [-0.2, 0) is 26.2 Å². The lowest BCUT2D eigenvalue weighted by atomic mass is 9.80. The van der Waals surface area contributed by atoms with Gasteiger partial charge in [0.25, 0.3) is 5.91 Å². The molecule has 1 amide bonds. The number of ether oxygens (including phenoxy) is 5. The van der Waals surface area contributed by atoms with Gasteiger partial charge in [-0.05, 0) is 115 Å². The Hall–Kier alpha value is -7.36. The van der Waals surface area contributed by atoms with Crippen LogP contribution in [0, 0.1) is 6.92 Å². The Morgan fingerprint density at radius 2 is 1.39 bits per heavy atom. The van der Waals surface area contributed by atoms with Crippen LogP contribution in [-0.4, -0.2) is 86.2 Å². The Balaban J connectivity index is 1.00. The third-order valence-corrected chi connectivity index (χ3v) is 12.0. The van der Waals surface area contributed by atoms with Crippen molar-refractivity contribution in [2.24, 2.45) is 0 Å². The highest BCUT2D eigenvalue weighted by molar-refractivity contribution is 6.06. The van der Waals surface area contributed by atoms with Crippen LogP contribution in [0.15, 0.2) is 159 Å². The second kappa shape index (κ2) is 20.4. The van der Waals surface area contributed by atoms with E-state index in [1.165, 1.54) is 6.33 Å². The summed E-state index contributed by atoms with van der Waals surface area (Å²) in [6, 6.07) is 42.4. The van der Waals surface area contributed by atoms with Gasteiger partial charge in [-0.15, -0.1) is 0 Å². The molecule has 4 atom stereocenters. The molecule has 1 aliphatic rings. The van der Waals surface area contributed by atoms with Gasteiger partial charge in [0.05, 0.1) is 38.5 Å². The van der Waals surface area contributed by atoms with Crippen molar-refractivity contribution in [3.8, 4) is 22.9 Å². The average Bonchev–Trinajstić information content (AvgIpc) is 3.95. The van der Waals surface area contributed by atoms with E-state index in [0.717, 1.165) is 52.0 Å². The number of rotatable bonds is 18. The number of nitrogens with zero attached hydrogens (tertiary/aromatic N) is 6. The second-order valence-corrected chi connectivity index (χ2v) is 16.3. The number of hydrogen-bond donors (Lipinski definition) is 2. The smallest absolute Gasteiger partial charge is 0.256 e. The molecule has 0 aliphatic carbocycles. The monoisotopic (exact) mass is 897 g/mol. The van der Waals surface area contributed by atoms with Gasteiger partial charge in [0.15, 0.2) is 23.2 Å². The van der Waals surface area contributed by atoms with E-state index >= 15 is 0 Å². The number of fused-ring (bicyclic) bond motifs is 1. The zero-order chi connectivity index (χ0) is 46.2. The predicted octanol–water partition coefficient (Wildman–Crippen LogP) is 8.54. The first-order valence-corrected chi connectivity index (χ1v) is 22.2. The number of aromatic nitrogens is 6. The molecule has 0 unspecified atom stereocenters. The van der Waals surface area contributed by atoms with E-state index in [9.17, 15) is 9.90 Å². The van der Waals surface area contributed by atoms with Crippen molar-refractivity contribution in [3.05, 3.63) is 192 Å². The molecule has 4 aromatic carbocycles. The van der Waals surface area contributed by atoms with Crippen LogP contribution in [0.4, 0.5) is 5.82 Å². The van der Waals surface area contributed by atoms with Gasteiger partial charge in [0.1, 0.15) is 41.7 Å². The second-order valence-electron chi connectivity index (χ2n) is 16.3. The number of aliphatic hydroxyl groups excluding tert-OH is 1. The van der Waals surface area contributed by atoms with E-state index in [1.807, 2.05) is 116 Å². The molecule has 2 N–H and O–H groups in total. The lowest BCUT2D eigenvalue weighted by molar-refractivity contribution is -0.0960. The van der Waals surface area contributed by atoms with Crippen LogP contribution >= 0.6 is 0 Å². The third kappa shape index (κ3) is 9.65. The molecule has 0 radical (unpaired) electrons. The highest BCUT2D eigenvalue weighted by Crippen LogP contribution is 2.43. The Labute approximate surface area is 388 Å². The number of imidazole rings is 1. The molecule has 1 aliphatic heterocycles. The summed E-state index contributed by atoms with van der Waals surface area (Å²) in [5.74, 6) is 1.29. The predicted molar refractivity (Wildman–Crippen MR) is 253 cm³/mol. The van der Waals surface area contributed by atoms with E-state index in [-0.39, 0.29) is 18.3 Å². The molecular weight excluding hydrogens is 847 g/mol. The topological polar surface area (TPSA) is 165 Å². The largest absolute Gasteiger partial charge is 0.497 e. The molecule has 0 saturated carbocycles. The Kier molecular flexibility index (Phi) is 13.7. The van der Waals surface area contributed by atoms with Crippen molar-refractivity contribution in [2.75, 3.05) is 32.8 Å². The molecule has 67 heavy (non-hydrogen) atoms. The average molecular weight is 898 g/mol. The summed E-state index contributed by atoms with van der Waals surface area (Å²) in [6.07, 6.45) is 5.09. The number of aryl methyl sites for hydroxylation is 2. The van der Waals surface area contributed by atoms with Crippen LogP contribution in [0.1, 0.15) is 57.2 Å². The minimum atomic E-state index is -1.17. The highest BCUT2D eigenvalue weighted by Gasteiger charge is 2.48. The number of unbranched alkanes of at least 4 members (excludes halogenated alkanes) is 1. The zero-order valence-corrected chi connectivity index (χ0v) is 37.4. The van der Waals surface area contributed by atoms with Gasteiger partial charge in [0, 0.05) is 24.6 Å². The number of benzene rings is 4. The molecule has 0 bridgehead atoms. The van der Waals surface area contributed by atoms with E-state index in [4.69, 9.17) is 23.7 Å². The molecule has 0 spiro atoms. The molecule has 4 aromatic heterocycles. The van der Waals surface area contributed by atoms with Crippen molar-refractivity contribution in [1.82, 2.24) is 29.5 Å². The van der Waals surface area contributed by atoms with E-state index in [1.54, 1.807) is 55.6 Å². The van der Waals surface area contributed by atoms with Crippen molar-refractivity contribution in [1.29, 1.82) is 0 Å². The molecular formula is C53H51N7O7. The van der Waals surface area contributed by atoms with E-state index < -0.39 is 30.1 Å². The zero-order valence-electron chi connectivity index (χ0n) is 37.4. The van der Waals surface area contributed by atoms with Gasteiger partial charge < -0.3 is 34.1 Å². The summed E-state index contributed by atoms with van der Waals surface area (Å²) >= 11 is 0. The van der Waals surface area contributed by atoms with Crippen molar-refractivity contribution >= 4 is 22.9 Å². The van der Waals surface area contributed by atoms with Gasteiger partial charge in [-0.2, -0.15) is 0 Å². The number of anilines is 1. The van der Waals surface area contributed by atoms with Crippen molar-refractivity contribution < 1.29 is 33.6 Å². The lowest BCUT2D eigenvalue weighted by Crippen LogP contribution is -2.40. The third-order valence-electron chi connectivity index (χ3n) is 12.0. The molecule has 5 heterocycles. The van der Waals surface area contributed by atoms with Crippen LogP contribution in [0.3, 0.4) is 0 Å². The highest BCUT2D eigenvalue weighted by atomic mass is 16.6. The quantitative estimate of drug-likeness (QED) is 0.0624. The summed E-state index contributed by atoms with van der Waals surface area (Å²) in [5, 5.41) is 15.2. The Morgan fingerprint density at radius 3 is 2.06 bits per heavy atom. The summed E-state index contributed by atoms with van der Waals surface area (Å²) < 4.78 is 33.5. The van der Waals surface area contributed by atoms with Crippen LogP contribution < -0.4 is 14.8 Å². The van der Waals surface area contributed by atoms with E-state index in [0.29, 0.717) is 41.3 Å². The van der Waals surface area contributed by atoms with E-state index in [2.05, 4.69) is 36.3 Å². The summed E-state index contributed by atoms with van der Waals surface area (Å²) in [5.41, 5.74) is 6.49. The number of pyridine rings is 2. The van der Waals surface area contributed by atoms with Gasteiger partial charge >= 0.3 is 0 Å². The van der Waals surface area contributed by atoms with Crippen LogP contribution in [0.2, 0.25) is 0 Å². The van der Waals surface area contributed by atoms with Gasteiger partial charge in [0.2, 0.25) is 0 Å². The fourth-order valence-corrected chi connectivity index (χ4v) is 8.54. The first kappa shape index (κ1) is 44.8. The maximum Gasteiger partial charge on any atom is 0.256 e. The Bertz CT molecular complexity index is 2850. The lowest BCUT2D eigenvalue weighted by Gasteiger charge is -2.37. The summed E-state index contributed by atoms with van der Waals surface area (Å²) in [7, 11) is 3.26. The number of nitrogens with one attached hydrogen (secondary N) is 1. The van der Waals surface area contributed by atoms with Crippen molar-refractivity contribution in [3.63, 3.8) is 0 Å². The SMILES string of the molecule is COc1ccc(C(OC[C@H]2O[C@@H](n3cnc4c(NC(=O)c5ccccc5)ncnc43)[C@H](OCCCCc3ccnc(-c4cc(C)ccn4)c3)[C@@H]2O)(c2ccccc2)c2ccc(OC)cc2)cc1. The van der Waals surface area contributed by atoms with Gasteiger partial charge in [-0.3, -0.25) is 19.3 Å². The molecule has 14 heteroatoms. The van der Waals surface area contributed by atoms with Crippen LogP contribution in [0.25, 0.3) is 22.6 Å². The molecule has 340 valence electrons. The number of hydrogen-bond acceptors (Lipinski definition) is 12. The minimum absolute atomic E-state index is 0.0509. The first-order chi connectivity index (χ1) is 32.8. The fraction of sp³-hybridized carbons (Fsp3) is 0.245.